The molecule has 0 aliphatic carbocycles. The van der Waals surface area contributed by atoms with E-state index in [1.54, 1.807) is 0 Å². The molecule has 0 radical (unpaired) electrons. The summed E-state index contributed by atoms with van der Waals surface area (Å²) in [5.74, 6) is 0.759. The zero-order chi connectivity index (χ0) is 21.4. The van der Waals surface area contributed by atoms with Crippen LogP contribution in [0.4, 0.5) is 0 Å². The minimum Gasteiger partial charge on any atom is -0.341 e. The number of hydrogen-bond acceptors (Lipinski definition) is 4. The maximum absolute atomic E-state index is 13.5. The number of carbonyl (C=O) groups excluding carboxylic acids is 1. The number of rotatable bonds is 5. The van der Waals surface area contributed by atoms with E-state index in [1.807, 2.05) is 66.8 Å². The molecule has 0 N–H and O–H groups in total. The fourth-order valence-electron chi connectivity index (χ4n) is 4.99. The Morgan fingerprint density at radius 3 is 2.47 bits per heavy atom. The molecule has 0 unspecified atom stereocenters. The van der Waals surface area contributed by atoms with Crippen LogP contribution in [0.1, 0.15) is 23.6 Å². The molecule has 1 saturated heterocycles. The summed E-state index contributed by atoms with van der Waals surface area (Å²) in [7, 11) is 7.93. The van der Waals surface area contributed by atoms with Gasteiger partial charge in [-0.1, -0.05) is 24.3 Å². The molecule has 160 valence electrons. The lowest BCUT2D eigenvalue weighted by atomic mass is 9.82. The Labute approximate surface area is 178 Å². The zero-order valence-electron chi connectivity index (χ0n) is 18.5. The minimum absolute atomic E-state index is 0.0986. The first-order chi connectivity index (χ1) is 14.3. The molecule has 30 heavy (non-hydrogen) atoms. The van der Waals surface area contributed by atoms with Gasteiger partial charge in [0.1, 0.15) is 0 Å². The van der Waals surface area contributed by atoms with Crippen LogP contribution in [0.5, 0.6) is 0 Å². The van der Waals surface area contributed by atoms with Crippen LogP contribution in [0, 0.1) is 5.92 Å². The van der Waals surface area contributed by atoms with Gasteiger partial charge in [0.05, 0.1) is 6.54 Å². The average Bonchev–Trinajstić information content (AvgIpc) is 2.68. The van der Waals surface area contributed by atoms with Gasteiger partial charge in [0.15, 0.2) is 0 Å². The van der Waals surface area contributed by atoms with E-state index in [0.29, 0.717) is 25.6 Å². The highest BCUT2D eigenvalue weighted by Crippen LogP contribution is 2.36. The van der Waals surface area contributed by atoms with Crippen molar-refractivity contribution in [1.82, 2.24) is 19.3 Å². The van der Waals surface area contributed by atoms with Crippen LogP contribution in [0.3, 0.4) is 0 Å². The zero-order valence-corrected chi connectivity index (χ0v) is 18.5. The van der Waals surface area contributed by atoms with Crippen molar-refractivity contribution in [3.8, 4) is 11.1 Å². The maximum Gasteiger partial charge on any atom is 0.258 e. The first-order valence-corrected chi connectivity index (χ1v) is 10.7. The van der Waals surface area contributed by atoms with E-state index in [1.165, 1.54) is 0 Å². The molecule has 3 heterocycles. The van der Waals surface area contributed by atoms with E-state index >= 15 is 0 Å². The highest BCUT2D eigenvalue weighted by molar-refractivity contribution is 5.78. The fourth-order valence-corrected chi connectivity index (χ4v) is 4.99. The number of amides is 1. The van der Waals surface area contributed by atoms with Gasteiger partial charge in [-0.25, -0.2) is 0 Å². The third-order valence-corrected chi connectivity index (χ3v) is 6.20. The van der Waals surface area contributed by atoms with E-state index in [2.05, 4.69) is 17.0 Å². The quantitative estimate of drug-likeness (QED) is 0.760. The highest BCUT2D eigenvalue weighted by Gasteiger charge is 2.36. The average molecular weight is 409 g/mol. The lowest BCUT2D eigenvalue weighted by Gasteiger charge is -2.43. The molecule has 2 atom stereocenters. The Hall–Kier alpha value is -2.44. The predicted molar refractivity (Wildman–Crippen MR) is 120 cm³/mol. The standard InChI is InChI=1S/C24H32N4O2/c1-25(2)14-18-7-5-6-8-20(18)21-9-10-22-19-11-17(13-28(22)24(21)30)12-27(15-19)23(29)16-26(3)4/h5-10,17,19H,11-16H2,1-4H3/t17-,19-/m1/s1. The third kappa shape index (κ3) is 4.07. The molecule has 2 aliphatic heterocycles. The topological polar surface area (TPSA) is 48.8 Å². The van der Waals surface area contributed by atoms with Crippen LogP contribution < -0.4 is 5.56 Å². The minimum atomic E-state index is 0.0986. The molecule has 2 bridgehead atoms. The molecule has 2 aliphatic rings. The molecule has 0 saturated carbocycles. The van der Waals surface area contributed by atoms with Crippen molar-refractivity contribution in [3.63, 3.8) is 0 Å². The Bertz CT molecular complexity index is 995. The van der Waals surface area contributed by atoms with Crippen LogP contribution >= 0.6 is 0 Å². The van der Waals surface area contributed by atoms with Gasteiger partial charge in [0.2, 0.25) is 5.91 Å². The number of piperidine rings is 1. The van der Waals surface area contributed by atoms with Crippen molar-refractivity contribution >= 4 is 5.91 Å². The Morgan fingerprint density at radius 2 is 1.73 bits per heavy atom. The number of likely N-dealkylation sites (tertiary alicyclic amines) is 1. The van der Waals surface area contributed by atoms with Gasteiger partial charge in [-0.2, -0.15) is 0 Å². The van der Waals surface area contributed by atoms with E-state index < -0.39 is 0 Å². The van der Waals surface area contributed by atoms with Gasteiger partial charge in [-0.05, 0) is 63.8 Å². The van der Waals surface area contributed by atoms with E-state index in [0.717, 1.165) is 41.9 Å². The fraction of sp³-hybridized carbons (Fsp3) is 0.500. The number of likely N-dealkylation sites (N-methyl/N-ethyl adjacent to an activating group) is 1. The summed E-state index contributed by atoms with van der Waals surface area (Å²) in [6.45, 7) is 3.38. The number of carbonyl (C=O) groups is 1. The summed E-state index contributed by atoms with van der Waals surface area (Å²) in [4.78, 5) is 32.1. The van der Waals surface area contributed by atoms with Gasteiger partial charge >= 0.3 is 0 Å². The van der Waals surface area contributed by atoms with Crippen LogP contribution in [0.25, 0.3) is 11.1 Å². The summed E-state index contributed by atoms with van der Waals surface area (Å²) in [5.41, 5.74) is 4.13. The monoisotopic (exact) mass is 408 g/mol. The normalized spacial score (nSPS) is 20.5. The maximum atomic E-state index is 13.5. The van der Waals surface area contributed by atoms with Crippen LogP contribution in [-0.4, -0.2) is 73.0 Å². The van der Waals surface area contributed by atoms with Crippen molar-refractivity contribution < 1.29 is 4.79 Å². The molecule has 6 nitrogen and oxygen atoms in total. The van der Waals surface area contributed by atoms with Crippen molar-refractivity contribution in [2.75, 3.05) is 47.8 Å². The Kier molecular flexibility index (Phi) is 5.80. The number of benzene rings is 1. The highest BCUT2D eigenvalue weighted by atomic mass is 16.2. The summed E-state index contributed by atoms with van der Waals surface area (Å²) in [6, 6.07) is 12.3. The number of pyridine rings is 1. The molecule has 0 spiro atoms. The molecular weight excluding hydrogens is 376 g/mol. The molecule has 1 amide bonds. The van der Waals surface area contributed by atoms with E-state index in [9.17, 15) is 9.59 Å². The second-order valence-electron chi connectivity index (χ2n) is 9.32. The largest absolute Gasteiger partial charge is 0.341 e. The molecule has 1 aromatic carbocycles. The Morgan fingerprint density at radius 1 is 0.967 bits per heavy atom. The predicted octanol–water partition coefficient (Wildman–Crippen LogP) is 2.08. The smallest absolute Gasteiger partial charge is 0.258 e. The third-order valence-electron chi connectivity index (χ3n) is 6.20. The molecular formula is C24H32N4O2. The second-order valence-corrected chi connectivity index (χ2v) is 9.32. The summed E-state index contributed by atoms with van der Waals surface area (Å²) in [5, 5.41) is 0. The first kappa shape index (κ1) is 20.8. The molecule has 4 rings (SSSR count). The number of fused-ring (bicyclic) bond motifs is 4. The van der Waals surface area contributed by atoms with Gasteiger partial charge in [0, 0.05) is 43.4 Å². The van der Waals surface area contributed by atoms with Crippen LogP contribution in [-0.2, 0) is 17.9 Å². The SMILES string of the molecule is CN(C)CC(=O)N1C[C@H]2C[C@H](C1)c1ccc(-c3ccccc3CN(C)C)c(=O)n1C2. The lowest BCUT2D eigenvalue weighted by Crippen LogP contribution is -2.51. The molecule has 1 aromatic heterocycles. The summed E-state index contributed by atoms with van der Waals surface area (Å²) in [6.07, 6.45) is 1.06. The number of nitrogens with zero attached hydrogens (tertiary/aromatic N) is 4. The van der Waals surface area contributed by atoms with Crippen molar-refractivity contribution in [2.24, 2.45) is 5.92 Å². The molecule has 1 fully saturated rings. The van der Waals surface area contributed by atoms with Crippen molar-refractivity contribution in [2.45, 2.75) is 25.4 Å². The Balaban J connectivity index is 1.67. The van der Waals surface area contributed by atoms with Gasteiger partial charge in [0.25, 0.3) is 5.56 Å². The number of hydrogen-bond donors (Lipinski definition) is 0. The van der Waals surface area contributed by atoms with Crippen LogP contribution in [0.15, 0.2) is 41.2 Å². The first-order valence-electron chi connectivity index (χ1n) is 10.7. The van der Waals surface area contributed by atoms with E-state index in [4.69, 9.17) is 0 Å². The van der Waals surface area contributed by atoms with Gasteiger partial charge in [-0.3, -0.25) is 9.59 Å². The van der Waals surface area contributed by atoms with E-state index in [-0.39, 0.29) is 17.4 Å². The van der Waals surface area contributed by atoms with Crippen LogP contribution in [0.2, 0.25) is 0 Å². The second kappa shape index (κ2) is 8.36. The summed E-state index contributed by atoms with van der Waals surface area (Å²) >= 11 is 0. The molecule has 2 aromatic rings. The van der Waals surface area contributed by atoms with Crippen molar-refractivity contribution in [1.29, 1.82) is 0 Å². The summed E-state index contributed by atoms with van der Waals surface area (Å²) < 4.78 is 1.98. The van der Waals surface area contributed by atoms with Gasteiger partial charge in [-0.15, -0.1) is 0 Å². The van der Waals surface area contributed by atoms with Crippen molar-refractivity contribution in [3.05, 3.63) is 58.0 Å². The molecule has 6 heteroatoms. The lowest BCUT2D eigenvalue weighted by molar-refractivity contribution is -0.134. The number of aromatic nitrogens is 1. The van der Waals surface area contributed by atoms with Gasteiger partial charge < -0.3 is 19.3 Å².